The first-order chi connectivity index (χ1) is 10.1. The van der Waals surface area contributed by atoms with Crippen molar-refractivity contribution in [2.24, 2.45) is 11.8 Å². The standard InChI is InChI=1S/C16H31N5/c1-5-6-17-10-16-12-21(19-18-16)8-7-20-11-13(2)9-14(3)15(20)4/h12-15,17H,5-11H2,1-4H3. The number of piperidine rings is 1. The molecule has 3 atom stereocenters. The topological polar surface area (TPSA) is 46.0 Å². The maximum absolute atomic E-state index is 4.24. The Morgan fingerprint density at radius 2 is 2.10 bits per heavy atom. The zero-order chi connectivity index (χ0) is 15.2. The van der Waals surface area contributed by atoms with Crippen molar-refractivity contribution in [3.05, 3.63) is 11.9 Å². The average molecular weight is 293 g/mol. The molecule has 5 heteroatoms. The predicted molar refractivity (Wildman–Crippen MR) is 86.0 cm³/mol. The summed E-state index contributed by atoms with van der Waals surface area (Å²) in [7, 11) is 0. The van der Waals surface area contributed by atoms with Crippen molar-refractivity contribution in [3.8, 4) is 0 Å². The number of likely N-dealkylation sites (tertiary alicyclic amines) is 1. The lowest BCUT2D eigenvalue weighted by Crippen LogP contribution is -2.46. The van der Waals surface area contributed by atoms with Crippen LogP contribution in [-0.4, -0.2) is 45.6 Å². The fraction of sp³-hybridized carbons (Fsp3) is 0.875. The summed E-state index contributed by atoms with van der Waals surface area (Å²) in [6.07, 6.45) is 4.58. The van der Waals surface area contributed by atoms with Gasteiger partial charge >= 0.3 is 0 Å². The third-order valence-corrected chi connectivity index (χ3v) is 4.66. The van der Waals surface area contributed by atoms with Crippen LogP contribution >= 0.6 is 0 Å². The van der Waals surface area contributed by atoms with Crippen molar-refractivity contribution < 1.29 is 0 Å². The van der Waals surface area contributed by atoms with E-state index in [1.165, 1.54) is 13.0 Å². The molecule has 5 nitrogen and oxygen atoms in total. The molecule has 0 saturated carbocycles. The predicted octanol–water partition coefficient (Wildman–Crippen LogP) is 2.14. The molecule has 0 radical (unpaired) electrons. The molecular formula is C16H31N5. The molecule has 0 amide bonds. The van der Waals surface area contributed by atoms with Crippen LogP contribution in [-0.2, 0) is 13.1 Å². The summed E-state index contributed by atoms with van der Waals surface area (Å²) in [5.74, 6) is 1.60. The van der Waals surface area contributed by atoms with Gasteiger partial charge in [0.15, 0.2) is 0 Å². The first-order valence-corrected chi connectivity index (χ1v) is 8.44. The number of hydrogen-bond donors (Lipinski definition) is 1. The van der Waals surface area contributed by atoms with Gasteiger partial charge in [0.25, 0.3) is 0 Å². The van der Waals surface area contributed by atoms with Crippen molar-refractivity contribution in [1.82, 2.24) is 25.2 Å². The normalized spacial score (nSPS) is 27.1. The van der Waals surface area contributed by atoms with Gasteiger partial charge in [-0.25, -0.2) is 0 Å². The first-order valence-electron chi connectivity index (χ1n) is 8.44. The molecule has 1 aliphatic heterocycles. The van der Waals surface area contributed by atoms with Gasteiger partial charge in [0, 0.05) is 31.9 Å². The molecule has 1 aliphatic rings. The summed E-state index contributed by atoms with van der Waals surface area (Å²) in [5, 5.41) is 11.8. The molecular weight excluding hydrogens is 262 g/mol. The first kappa shape index (κ1) is 16.4. The molecule has 1 aromatic rings. The zero-order valence-electron chi connectivity index (χ0n) is 14.0. The van der Waals surface area contributed by atoms with Crippen molar-refractivity contribution >= 4 is 0 Å². The van der Waals surface area contributed by atoms with E-state index in [-0.39, 0.29) is 0 Å². The van der Waals surface area contributed by atoms with E-state index >= 15 is 0 Å². The van der Waals surface area contributed by atoms with Crippen molar-refractivity contribution in [1.29, 1.82) is 0 Å². The fourth-order valence-electron chi connectivity index (χ4n) is 3.28. The van der Waals surface area contributed by atoms with E-state index in [1.807, 2.05) is 4.68 Å². The van der Waals surface area contributed by atoms with E-state index in [1.54, 1.807) is 0 Å². The molecule has 1 N–H and O–H groups in total. The number of hydrogen-bond acceptors (Lipinski definition) is 4. The Bertz CT molecular complexity index is 417. The molecule has 0 bridgehead atoms. The van der Waals surface area contributed by atoms with E-state index in [0.717, 1.165) is 50.1 Å². The van der Waals surface area contributed by atoms with E-state index in [4.69, 9.17) is 0 Å². The molecule has 21 heavy (non-hydrogen) atoms. The third-order valence-electron chi connectivity index (χ3n) is 4.66. The molecule has 3 unspecified atom stereocenters. The van der Waals surface area contributed by atoms with Gasteiger partial charge in [-0.15, -0.1) is 5.10 Å². The van der Waals surface area contributed by atoms with Gasteiger partial charge in [0.05, 0.1) is 12.2 Å². The number of aromatic nitrogens is 3. The minimum Gasteiger partial charge on any atom is -0.311 e. The monoisotopic (exact) mass is 293 g/mol. The maximum Gasteiger partial charge on any atom is 0.0964 e. The molecule has 1 fully saturated rings. The van der Waals surface area contributed by atoms with E-state index < -0.39 is 0 Å². The Hall–Kier alpha value is -0.940. The smallest absolute Gasteiger partial charge is 0.0964 e. The van der Waals surface area contributed by atoms with Crippen LogP contribution in [0, 0.1) is 11.8 Å². The highest BCUT2D eigenvalue weighted by atomic mass is 15.4. The van der Waals surface area contributed by atoms with Gasteiger partial charge in [-0.2, -0.15) is 0 Å². The molecule has 0 spiro atoms. The maximum atomic E-state index is 4.24. The molecule has 2 heterocycles. The highest BCUT2D eigenvalue weighted by molar-refractivity contribution is 4.91. The molecule has 1 aromatic heterocycles. The van der Waals surface area contributed by atoms with Crippen LogP contribution < -0.4 is 5.32 Å². The van der Waals surface area contributed by atoms with Crippen LogP contribution in [0.3, 0.4) is 0 Å². The summed E-state index contributed by atoms with van der Waals surface area (Å²) >= 11 is 0. The minimum absolute atomic E-state index is 0.676. The van der Waals surface area contributed by atoms with Crippen LogP contribution in [0.5, 0.6) is 0 Å². The number of nitrogens with zero attached hydrogens (tertiary/aromatic N) is 4. The van der Waals surface area contributed by atoms with Crippen LogP contribution in [0.25, 0.3) is 0 Å². The van der Waals surface area contributed by atoms with Gasteiger partial charge in [-0.3, -0.25) is 9.58 Å². The summed E-state index contributed by atoms with van der Waals surface area (Å²) in [5.41, 5.74) is 1.04. The number of rotatable bonds is 7. The van der Waals surface area contributed by atoms with Gasteiger partial charge < -0.3 is 5.32 Å². The molecule has 2 rings (SSSR count). The second kappa shape index (κ2) is 7.90. The van der Waals surface area contributed by atoms with Crippen molar-refractivity contribution in [3.63, 3.8) is 0 Å². The summed E-state index contributed by atoms with van der Waals surface area (Å²) in [6, 6.07) is 0.676. The lowest BCUT2D eigenvalue weighted by atomic mass is 9.86. The van der Waals surface area contributed by atoms with Crippen LogP contribution in [0.2, 0.25) is 0 Å². The average Bonchev–Trinajstić information content (AvgIpc) is 2.89. The number of nitrogens with one attached hydrogen (secondary N) is 1. The van der Waals surface area contributed by atoms with Crippen LogP contribution in [0.1, 0.15) is 46.2 Å². The molecule has 0 aliphatic carbocycles. The Morgan fingerprint density at radius 3 is 2.86 bits per heavy atom. The van der Waals surface area contributed by atoms with Crippen molar-refractivity contribution in [2.75, 3.05) is 19.6 Å². The quantitative estimate of drug-likeness (QED) is 0.783. The second-order valence-electron chi connectivity index (χ2n) is 6.70. The van der Waals surface area contributed by atoms with E-state index in [0.29, 0.717) is 6.04 Å². The summed E-state index contributed by atoms with van der Waals surface area (Å²) < 4.78 is 1.99. The Kier molecular flexibility index (Phi) is 6.18. The van der Waals surface area contributed by atoms with Gasteiger partial charge in [-0.1, -0.05) is 26.0 Å². The van der Waals surface area contributed by atoms with Crippen LogP contribution in [0.4, 0.5) is 0 Å². The Balaban J connectivity index is 1.79. The van der Waals surface area contributed by atoms with E-state index in [9.17, 15) is 0 Å². The van der Waals surface area contributed by atoms with Gasteiger partial charge in [0.1, 0.15) is 0 Å². The SMILES string of the molecule is CCCNCc1cn(CCN2CC(C)CC(C)C2C)nn1. The van der Waals surface area contributed by atoms with E-state index in [2.05, 4.69) is 54.4 Å². The largest absolute Gasteiger partial charge is 0.311 e. The second-order valence-corrected chi connectivity index (χ2v) is 6.70. The Morgan fingerprint density at radius 1 is 1.29 bits per heavy atom. The van der Waals surface area contributed by atoms with Crippen molar-refractivity contribution in [2.45, 2.75) is 59.7 Å². The lowest BCUT2D eigenvalue weighted by molar-refractivity contribution is 0.0754. The molecule has 1 saturated heterocycles. The highest BCUT2D eigenvalue weighted by Gasteiger charge is 2.28. The minimum atomic E-state index is 0.676. The summed E-state index contributed by atoms with van der Waals surface area (Å²) in [6.45, 7) is 14.3. The molecule has 120 valence electrons. The Labute approximate surface area is 129 Å². The molecule has 0 aromatic carbocycles. The van der Waals surface area contributed by atoms with Crippen LogP contribution in [0.15, 0.2) is 6.20 Å². The third kappa shape index (κ3) is 4.78. The van der Waals surface area contributed by atoms with Gasteiger partial charge in [-0.05, 0) is 38.1 Å². The lowest BCUT2D eigenvalue weighted by Gasteiger charge is -2.41. The summed E-state index contributed by atoms with van der Waals surface area (Å²) in [4.78, 5) is 2.61. The zero-order valence-corrected chi connectivity index (χ0v) is 14.0. The van der Waals surface area contributed by atoms with Gasteiger partial charge in [0.2, 0.25) is 0 Å². The fourth-order valence-corrected chi connectivity index (χ4v) is 3.28. The highest BCUT2D eigenvalue weighted by Crippen LogP contribution is 2.26.